The molecule has 0 atom stereocenters. The maximum absolute atomic E-state index is 14.5. The summed E-state index contributed by atoms with van der Waals surface area (Å²) in [5.41, 5.74) is 1.11. The number of anilines is 1. The molecule has 1 aliphatic heterocycles. The summed E-state index contributed by atoms with van der Waals surface area (Å²) in [4.78, 5) is 38.0. The van der Waals surface area contributed by atoms with Gasteiger partial charge in [-0.05, 0) is 68.9 Å². The molecule has 1 saturated carbocycles. The van der Waals surface area contributed by atoms with E-state index in [1.54, 1.807) is 12.1 Å². The second-order valence-electron chi connectivity index (χ2n) is 9.45. The van der Waals surface area contributed by atoms with Crippen LogP contribution < -0.4 is 20.3 Å². The molecule has 2 fully saturated rings. The summed E-state index contributed by atoms with van der Waals surface area (Å²) in [5, 5.41) is 14.2. The van der Waals surface area contributed by atoms with Gasteiger partial charge in [0.1, 0.15) is 5.82 Å². The topological polar surface area (TPSA) is 108 Å². The van der Waals surface area contributed by atoms with E-state index in [1.807, 2.05) is 12.1 Å². The van der Waals surface area contributed by atoms with Gasteiger partial charge in [0.25, 0.3) is 11.8 Å². The second kappa shape index (κ2) is 12.0. The zero-order valence-electron chi connectivity index (χ0n) is 20.5. The van der Waals surface area contributed by atoms with Gasteiger partial charge in [-0.15, -0.1) is 0 Å². The maximum atomic E-state index is 14.5. The number of aliphatic carboxylic acids is 1. The fraction of sp³-hybridized carbons (Fsp3) is 0.444. The van der Waals surface area contributed by atoms with Crippen molar-refractivity contribution in [2.75, 3.05) is 31.1 Å². The van der Waals surface area contributed by atoms with Crippen LogP contribution in [0.2, 0.25) is 0 Å². The van der Waals surface area contributed by atoms with Crippen molar-refractivity contribution in [2.24, 2.45) is 5.92 Å². The molecule has 10 heteroatoms. The van der Waals surface area contributed by atoms with Crippen LogP contribution in [0.3, 0.4) is 0 Å². The molecule has 0 aromatic heterocycles. The molecule has 2 aliphatic rings. The minimum atomic E-state index is -0.935. The number of hydrogen-bond acceptors (Lipinski definition) is 5. The Morgan fingerprint density at radius 1 is 0.892 bits per heavy atom. The molecule has 1 saturated heterocycles. The number of nitrogens with zero attached hydrogens (tertiary/aromatic N) is 1. The molecule has 0 bridgehead atoms. The first-order valence-corrected chi connectivity index (χ1v) is 12.6. The van der Waals surface area contributed by atoms with E-state index >= 15 is 0 Å². The quantitative estimate of drug-likeness (QED) is 0.439. The number of benzene rings is 2. The Morgan fingerprint density at radius 2 is 1.51 bits per heavy atom. The average Bonchev–Trinajstić information content (AvgIpc) is 3.44. The van der Waals surface area contributed by atoms with Crippen molar-refractivity contribution in [3.63, 3.8) is 0 Å². The van der Waals surface area contributed by atoms with E-state index < -0.39 is 41.1 Å². The second-order valence-corrected chi connectivity index (χ2v) is 9.45. The van der Waals surface area contributed by atoms with Crippen molar-refractivity contribution in [1.29, 1.82) is 0 Å². The number of hydrogen-bond donors (Lipinski definition) is 3. The molecule has 0 spiro atoms. The van der Waals surface area contributed by atoms with Crippen LogP contribution in [-0.2, 0) is 4.79 Å². The molecular weight excluding hydrogens is 484 g/mol. The fourth-order valence-electron chi connectivity index (χ4n) is 4.75. The Morgan fingerprint density at radius 3 is 2.14 bits per heavy atom. The van der Waals surface area contributed by atoms with Crippen LogP contribution in [0.25, 0.3) is 0 Å². The van der Waals surface area contributed by atoms with Crippen molar-refractivity contribution >= 4 is 23.5 Å². The van der Waals surface area contributed by atoms with Gasteiger partial charge in [-0.3, -0.25) is 14.4 Å². The Labute approximate surface area is 214 Å². The van der Waals surface area contributed by atoms with Crippen molar-refractivity contribution < 1.29 is 33.0 Å². The number of carbonyl (C=O) groups is 3. The van der Waals surface area contributed by atoms with E-state index in [0.717, 1.165) is 30.9 Å². The number of carbonyl (C=O) groups excluding carboxylic acids is 2. The highest BCUT2D eigenvalue weighted by Gasteiger charge is 2.28. The Bertz CT molecular complexity index is 1130. The standard InChI is InChI=1S/C27H31F2N3O5/c28-22-16-24(37-20-9-5-18(6-10-20)27(35)36)23(29)15-21(22)26(34)31-12-11-30-25(33)17-3-7-19(8-4-17)32-13-1-2-14-32/h3-4,7-8,15-16,18,20H,1-2,5-6,9-14H2,(H,30,33)(H,31,34)(H,35,36). The van der Waals surface area contributed by atoms with Crippen LogP contribution in [0.15, 0.2) is 36.4 Å². The predicted octanol–water partition coefficient (Wildman–Crippen LogP) is 3.75. The zero-order chi connectivity index (χ0) is 26.4. The number of amides is 2. The normalized spacial score (nSPS) is 19.4. The Balaban J connectivity index is 1.23. The molecule has 198 valence electrons. The summed E-state index contributed by atoms with van der Waals surface area (Å²) in [6, 6.07) is 8.94. The molecule has 1 aliphatic carbocycles. The van der Waals surface area contributed by atoms with Crippen molar-refractivity contribution in [1.82, 2.24) is 10.6 Å². The van der Waals surface area contributed by atoms with Gasteiger partial charge in [0.15, 0.2) is 11.6 Å². The number of nitrogens with one attached hydrogen (secondary N) is 2. The van der Waals surface area contributed by atoms with Gasteiger partial charge < -0.3 is 25.4 Å². The highest BCUT2D eigenvalue weighted by atomic mass is 19.1. The van der Waals surface area contributed by atoms with Crippen LogP contribution in [-0.4, -0.2) is 55.2 Å². The third-order valence-corrected chi connectivity index (χ3v) is 6.88. The maximum Gasteiger partial charge on any atom is 0.306 e. The molecule has 2 aromatic rings. The lowest BCUT2D eigenvalue weighted by Crippen LogP contribution is -2.35. The first-order valence-electron chi connectivity index (χ1n) is 12.6. The third kappa shape index (κ3) is 6.75. The van der Waals surface area contributed by atoms with Gasteiger partial charge in [0, 0.05) is 43.5 Å². The summed E-state index contributed by atoms with van der Waals surface area (Å²) in [7, 11) is 0. The van der Waals surface area contributed by atoms with Crippen molar-refractivity contribution in [3.05, 3.63) is 59.2 Å². The summed E-state index contributed by atoms with van der Waals surface area (Å²) in [6.07, 6.45) is 3.59. The zero-order valence-corrected chi connectivity index (χ0v) is 20.5. The minimum absolute atomic E-state index is 0.0303. The third-order valence-electron chi connectivity index (χ3n) is 6.88. The Kier molecular flexibility index (Phi) is 8.58. The molecule has 3 N–H and O–H groups in total. The number of carboxylic acid groups (broad SMARTS) is 1. The lowest BCUT2D eigenvalue weighted by Gasteiger charge is -2.27. The van der Waals surface area contributed by atoms with Gasteiger partial charge in [-0.1, -0.05) is 0 Å². The largest absolute Gasteiger partial charge is 0.487 e. The lowest BCUT2D eigenvalue weighted by atomic mass is 9.87. The van der Waals surface area contributed by atoms with E-state index in [0.29, 0.717) is 31.2 Å². The van der Waals surface area contributed by atoms with Gasteiger partial charge >= 0.3 is 5.97 Å². The summed E-state index contributed by atoms with van der Waals surface area (Å²) in [5.74, 6) is -4.54. The monoisotopic (exact) mass is 515 g/mol. The number of carboxylic acids is 1. The summed E-state index contributed by atoms with van der Waals surface area (Å²) < 4.78 is 34.6. The van der Waals surface area contributed by atoms with E-state index in [9.17, 15) is 23.2 Å². The fourth-order valence-corrected chi connectivity index (χ4v) is 4.75. The number of rotatable bonds is 9. The van der Waals surface area contributed by atoms with Crippen LogP contribution in [0.1, 0.15) is 59.2 Å². The van der Waals surface area contributed by atoms with Gasteiger partial charge in [0.2, 0.25) is 0 Å². The molecule has 0 unspecified atom stereocenters. The first-order chi connectivity index (χ1) is 17.8. The SMILES string of the molecule is O=C(NCCNC(=O)c1cc(F)c(OC2CCC(C(=O)O)CC2)cc1F)c1ccc(N2CCCC2)cc1. The minimum Gasteiger partial charge on any atom is -0.487 e. The lowest BCUT2D eigenvalue weighted by molar-refractivity contribution is -0.143. The van der Waals surface area contributed by atoms with Crippen LogP contribution >= 0.6 is 0 Å². The molecule has 4 rings (SSSR count). The molecule has 1 heterocycles. The van der Waals surface area contributed by atoms with E-state index in [4.69, 9.17) is 9.84 Å². The van der Waals surface area contributed by atoms with E-state index in [1.165, 1.54) is 12.8 Å². The number of ether oxygens (including phenoxy) is 1. The van der Waals surface area contributed by atoms with Crippen LogP contribution in [0, 0.1) is 17.6 Å². The van der Waals surface area contributed by atoms with Gasteiger partial charge in [0.05, 0.1) is 17.6 Å². The molecule has 8 nitrogen and oxygen atoms in total. The van der Waals surface area contributed by atoms with E-state index in [2.05, 4.69) is 15.5 Å². The molecular formula is C27H31F2N3O5. The van der Waals surface area contributed by atoms with Crippen molar-refractivity contribution in [3.8, 4) is 5.75 Å². The van der Waals surface area contributed by atoms with E-state index in [-0.39, 0.29) is 24.7 Å². The average molecular weight is 516 g/mol. The first kappa shape index (κ1) is 26.4. The van der Waals surface area contributed by atoms with Gasteiger partial charge in [-0.25, -0.2) is 8.78 Å². The highest BCUT2D eigenvalue weighted by Crippen LogP contribution is 2.30. The number of halogens is 2. The highest BCUT2D eigenvalue weighted by molar-refractivity contribution is 5.95. The molecule has 2 aromatic carbocycles. The predicted molar refractivity (Wildman–Crippen MR) is 133 cm³/mol. The smallest absolute Gasteiger partial charge is 0.306 e. The molecule has 37 heavy (non-hydrogen) atoms. The Hall–Kier alpha value is -3.69. The van der Waals surface area contributed by atoms with Crippen LogP contribution in [0.5, 0.6) is 5.75 Å². The summed E-state index contributed by atoms with van der Waals surface area (Å²) in [6.45, 7) is 2.17. The molecule has 2 amide bonds. The summed E-state index contributed by atoms with van der Waals surface area (Å²) >= 11 is 0. The van der Waals surface area contributed by atoms with Crippen LogP contribution in [0.4, 0.5) is 14.5 Å². The molecule has 0 radical (unpaired) electrons. The van der Waals surface area contributed by atoms with Crippen molar-refractivity contribution in [2.45, 2.75) is 44.6 Å². The van der Waals surface area contributed by atoms with Gasteiger partial charge in [-0.2, -0.15) is 0 Å².